The molecule has 5 nitrogen and oxygen atoms in total. The SMILES string of the molecule is Cn1ncc(N[C@@H]2CCN(c3c(F)cccc3F)C2)c(Cl)c1=O. The molecule has 23 heavy (non-hydrogen) atoms. The molecule has 0 unspecified atom stereocenters. The zero-order valence-electron chi connectivity index (χ0n) is 12.4. The summed E-state index contributed by atoms with van der Waals surface area (Å²) in [5.41, 5.74) is 0.00675. The van der Waals surface area contributed by atoms with Crippen LogP contribution in [0.4, 0.5) is 20.2 Å². The molecule has 1 fully saturated rings. The van der Waals surface area contributed by atoms with Crippen LogP contribution in [0.25, 0.3) is 0 Å². The Bertz CT molecular complexity index is 775. The van der Waals surface area contributed by atoms with Crippen molar-refractivity contribution in [3.05, 3.63) is 51.4 Å². The number of aromatic nitrogens is 2. The summed E-state index contributed by atoms with van der Waals surface area (Å²) >= 11 is 6.01. The Morgan fingerprint density at radius 1 is 1.35 bits per heavy atom. The molecule has 0 amide bonds. The lowest BCUT2D eigenvalue weighted by Crippen LogP contribution is -2.29. The summed E-state index contributed by atoms with van der Waals surface area (Å²) in [6, 6.07) is 3.73. The molecule has 0 radical (unpaired) electrons. The van der Waals surface area contributed by atoms with Crippen LogP contribution in [0.3, 0.4) is 0 Å². The van der Waals surface area contributed by atoms with Crippen molar-refractivity contribution in [3.63, 3.8) is 0 Å². The molecule has 1 N–H and O–H groups in total. The molecule has 8 heteroatoms. The average Bonchev–Trinajstić information content (AvgIpc) is 2.96. The van der Waals surface area contributed by atoms with Crippen LogP contribution >= 0.6 is 11.6 Å². The number of anilines is 2. The number of halogens is 3. The first-order chi connectivity index (χ1) is 11.0. The van der Waals surface area contributed by atoms with E-state index in [2.05, 4.69) is 10.4 Å². The molecule has 1 aliphatic heterocycles. The predicted octanol–water partition coefficient (Wildman–Crippen LogP) is 2.40. The smallest absolute Gasteiger partial charge is 0.287 e. The van der Waals surface area contributed by atoms with E-state index in [4.69, 9.17) is 11.6 Å². The van der Waals surface area contributed by atoms with Crippen molar-refractivity contribution < 1.29 is 8.78 Å². The fraction of sp³-hybridized carbons (Fsp3) is 0.333. The maximum absolute atomic E-state index is 13.8. The Balaban J connectivity index is 1.76. The van der Waals surface area contributed by atoms with E-state index < -0.39 is 17.2 Å². The van der Waals surface area contributed by atoms with Crippen LogP contribution in [0.2, 0.25) is 5.02 Å². The third kappa shape index (κ3) is 3.01. The highest BCUT2D eigenvalue weighted by Crippen LogP contribution is 2.28. The highest BCUT2D eigenvalue weighted by atomic mass is 35.5. The second-order valence-electron chi connectivity index (χ2n) is 5.45. The van der Waals surface area contributed by atoms with E-state index in [1.807, 2.05) is 0 Å². The first-order valence-electron chi connectivity index (χ1n) is 7.14. The molecule has 0 aliphatic carbocycles. The third-order valence-corrected chi connectivity index (χ3v) is 4.25. The number of hydrogen-bond donors (Lipinski definition) is 1. The second-order valence-corrected chi connectivity index (χ2v) is 5.83. The van der Waals surface area contributed by atoms with Crippen molar-refractivity contribution in [1.29, 1.82) is 0 Å². The lowest BCUT2D eigenvalue weighted by atomic mass is 10.2. The number of hydrogen-bond acceptors (Lipinski definition) is 4. The molecule has 1 aromatic heterocycles. The Morgan fingerprint density at radius 3 is 2.74 bits per heavy atom. The quantitative estimate of drug-likeness (QED) is 0.932. The molecule has 1 saturated heterocycles. The largest absolute Gasteiger partial charge is 0.378 e. The normalized spacial score (nSPS) is 17.6. The summed E-state index contributed by atoms with van der Waals surface area (Å²) in [5.74, 6) is -1.17. The van der Waals surface area contributed by atoms with Crippen molar-refractivity contribution in [1.82, 2.24) is 9.78 Å². The van der Waals surface area contributed by atoms with Gasteiger partial charge < -0.3 is 10.2 Å². The van der Waals surface area contributed by atoms with Crippen LogP contribution in [-0.2, 0) is 7.05 Å². The van der Waals surface area contributed by atoms with Gasteiger partial charge in [-0.3, -0.25) is 4.79 Å². The number of nitrogens with one attached hydrogen (secondary N) is 1. The Labute approximate surface area is 136 Å². The molecular weight excluding hydrogens is 326 g/mol. The summed E-state index contributed by atoms with van der Waals surface area (Å²) in [6.07, 6.45) is 2.13. The summed E-state index contributed by atoms with van der Waals surface area (Å²) in [7, 11) is 1.51. The topological polar surface area (TPSA) is 50.2 Å². The van der Waals surface area contributed by atoms with E-state index in [-0.39, 0.29) is 16.8 Å². The lowest BCUT2D eigenvalue weighted by Gasteiger charge is -2.20. The van der Waals surface area contributed by atoms with Crippen LogP contribution in [-0.4, -0.2) is 28.9 Å². The molecule has 1 atom stereocenters. The van der Waals surface area contributed by atoms with Gasteiger partial charge in [0.15, 0.2) is 0 Å². The fourth-order valence-corrected chi connectivity index (χ4v) is 2.93. The van der Waals surface area contributed by atoms with Gasteiger partial charge in [0.2, 0.25) is 0 Å². The first-order valence-corrected chi connectivity index (χ1v) is 7.52. The van der Waals surface area contributed by atoms with Crippen LogP contribution in [0, 0.1) is 11.6 Å². The van der Waals surface area contributed by atoms with Crippen LogP contribution in [0.5, 0.6) is 0 Å². The molecule has 1 aliphatic rings. The summed E-state index contributed by atoms with van der Waals surface area (Å²) in [5, 5.41) is 7.09. The number of aryl methyl sites for hydroxylation is 1. The van der Waals surface area contributed by atoms with Crippen molar-refractivity contribution in [2.24, 2.45) is 7.05 Å². The monoisotopic (exact) mass is 340 g/mol. The highest BCUT2D eigenvalue weighted by Gasteiger charge is 2.27. The first kappa shape index (κ1) is 15.7. The maximum atomic E-state index is 13.8. The fourth-order valence-electron chi connectivity index (χ4n) is 2.70. The van der Waals surface area contributed by atoms with Crippen LogP contribution < -0.4 is 15.8 Å². The average molecular weight is 341 g/mol. The molecule has 0 bridgehead atoms. The van der Waals surface area contributed by atoms with Crippen molar-refractivity contribution in [2.45, 2.75) is 12.5 Å². The molecule has 2 aromatic rings. The molecule has 0 spiro atoms. The Hall–Kier alpha value is -2.15. The van der Waals surface area contributed by atoms with Gasteiger partial charge in [0.25, 0.3) is 5.56 Å². The van der Waals surface area contributed by atoms with Gasteiger partial charge in [-0.1, -0.05) is 17.7 Å². The van der Waals surface area contributed by atoms with E-state index in [0.717, 1.165) is 4.68 Å². The molecule has 1 aromatic carbocycles. The van der Waals surface area contributed by atoms with Gasteiger partial charge in [0.05, 0.1) is 11.9 Å². The van der Waals surface area contributed by atoms with Crippen LogP contribution in [0.1, 0.15) is 6.42 Å². The second kappa shape index (κ2) is 6.16. The predicted molar refractivity (Wildman–Crippen MR) is 85.1 cm³/mol. The molecule has 122 valence electrons. The van der Waals surface area contributed by atoms with Gasteiger partial charge in [-0.25, -0.2) is 13.5 Å². The van der Waals surface area contributed by atoms with Gasteiger partial charge in [0, 0.05) is 26.2 Å². The van der Waals surface area contributed by atoms with Gasteiger partial charge in [-0.05, 0) is 18.6 Å². The number of nitrogens with zero attached hydrogens (tertiary/aromatic N) is 3. The van der Waals surface area contributed by atoms with Gasteiger partial charge in [0.1, 0.15) is 22.3 Å². The molecule has 0 saturated carbocycles. The van der Waals surface area contributed by atoms with Gasteiger partial charge >= 0.3 is 0 Å². The molecule has 3 rings (SSSR count). The summed E-state index contributed by atoms with van der Waals surface area (Å²) < 4.78 is 28.8. The maximum Gasteiger partial charge on any atom is 0.287 e. The standard InChI is InChI=1S/C15H15ClF2N4O/c1-21-15(23)13(16)12(7-19-21)20-9-5-6-22(8-9)14-10(17)3-2-4-11(14)18/h2-4,7,9,20H,5-6,8H2,1H3/t9-/m1/s1. The van der Waals surface area contributed by atoms with Gasteiger partial charge in [-0.15, -0.1) is 0 Å². The van der Waals surface area contributed by atoms with E-state index in [0.29, 0.717) is 25.2 Å². The number of para-hydroxylation sites is 1. The minimum atomic E-state index is -0.584. The number of benzene rings is 1. The van der Waals surface area contributed by atoms with Gasteiger partial charge in [-0.2, -0.15) is 5.10 Å². The van der Waals surface area contributed by atoms with Crippen LogP contribution in [0.15, 0.2) is 29.2 Å². The minimum absolute atomic E-state index is 0.0232. The lowest BCUT2D eigenvalue weighted by molar-refractivity contribution is 0.577. The van der Waals surface area contributed by atoms with Crippen molar-refractivity contribution >= 4 is 23.0 Å². The highest BCUT2D eigenvalue weighted by molar-refractivity contribution is 6.32. The third-order valence-electron chi connectivity index (χ3n) is 3.88. The summed E-state index contributed by atoms with van der Waals surface area (Å²) in [4.78, 5) is 13.4. The van der Waals surface area contributed by atoms with E-state index in [9.17, 15) is 13.6 Å². The van der Waals surface area contributed by atoms with E-state index in [1.165, 1.54) is 31.4 Å². The molecule has 2 heterocycles. The number of rotatable bonds is 3. The van der Waals surface area contributed by atoms with E-state index >= 15 is 0 Å². The van der Waals surface area contributed by atoms with E-state index in [1.54, 1.807) is 4.90 Å². The van der Waals surface area contributed by atoms with Crippen molar-refractivity contribution in [2.75, 3.05) is 23.3 Å². The Kier molecular flexibility index (Phi) is 4.21. The summed E-state index contributed by atoms with van der Waals surface area (Å²) in [6.45, 7) is 0.912. The Morgan fingerprint density at radius 2 is 2.04 bits per heavy atom. The zero-order valence-corrected chi connectivity index (χ0v) is 13.1. The zero-order chi connectivity index (χ0) is 16.6. The molecular formula is C15H15ClF2N4O. The minimum Gasteiger partial charge on any atom is -0.378 e. The van der Waals surface area contributed by atoms with Crippen molar-refractivity contribution in [3.8, 4) is 0 Å².